The number of hydrogen-bond acceptors (Lipinski definition) is 4. The van der Waals surface area contributed by atoms with E-state index < -0.39 is 17.9 Å². The smallest absolute Gasteiger partial charge is 0.268 e. The molecule has 0 bridgehead atoms. The van der Waals surface area contributed by atoms with E-state index in [1.165, 1.54) is 12.3 Å². The molecule has 1 fully saturated rings. The van der Waals surface area contributed by atoms with E-state index in [-0.39, 0.29) is 11.6 Å². The Kier molecular flexibility index (Phi) is 6.37. The minimum absolute atomic E-state index is 0.0298. The highest BCUT2D eigenvalue weighted by Gasteiger charge is 2.35. The van der Waals surface area contributed by atoms with Gasteiger partial charge in [-0.2, -0.15) is 0 Å². The SMILES string of the molecule is O=C(NC1CCN(c2ccccc2Cl)C1=O)C(=Cc1ccco1)NC(=O)c1ccccc1. The highest BCUT2D eigenvalue weighted by Crippen LogP contribution is 2.29. The molecule has 32 heavy (non-hydrogen) atoms. The van der Waals surface area contributed by atoms with E-state index in [4.69, 9.17) is 16.0 Å². The van der Waals surface area contributed by atoms with Crippen LogP contribution in [0.4, 0.5) is 5.69 Å². The number of carbonyl (C=O) groups is 3. The molecular weight excluding hydrogens is 430 g/mol. The Balaban J connectivity index is 1.51. The first-order chi connectivity index (χ1) is 15.5. The summed E-state index contributed by atoms with van der Waals surface area (Å²) >= 11 is 6.22. The Morgan fingerprint density at radius 1 is 1.03 bits per heavy atom. The van der Waals surface area contributed by atoms with Gasteiger partial charge in [-0.25, -0.2) is 0 Å². The first-order valence-electron chi connectivity index (χ1n) is 10.0. The number of rotatable bonds is 6. The van der Waals surface area contributed by atoms with Crippen molar-refractivity contribution in [3.05, 3.63) is 95.0 Å². The van der Waals surface area contributed by atoms with Crippen LogP contribution in [0, 0.1) is 0 Å². The molecule has 1 aliphatic rings. The van der Waals surface area contributed by atoms with Gasteiger partial charge in [0.05, 0.1) is 17.0 Å². The number of carbonyl (C=O) groups excluding carboxylic acids is 3. The number of para-hydroxylation sites is 1. The normalized spacial score (nSPS) is 16.2. The zero-order valence-electron chi connectivity index (χ0n) is 17.0. The molecule has 8 heteroatoms. The molecule has 0 aliphatic carbocycles. The van der Waals surface area contributed by atoms with Gasteiger partial charge in [-0.05, 0) is 42.8 Å². The van der Waals surface area contributed by atoms with Crippen LogP contribution in [0.1, 0.15) is 22.5 Å². The molecule has 2 aromatic carbocycles. The third-order valence-corrected chi connectivity index (χ3v) is 5.33. The standard InChI is InChI=1S/C24H20ClN3O4/c25-18-10-4-5-11-21(18)28-13-12-19(24(28)31)26-23(30)20(15-17-9-6-14-32-17)27-22(29)16-7-2-1-3-8-16/h1-11,14-15,19H,12-13H2,(H,26,30)(H,27,29). The van der Waals surface area contributed by atoms with Gasteiger partial charge in [0, 0.05) is 18.2 Å². The van der Waals surface area contributed by atoms with Crippen molar-refractivity contribution in [1.29, 1.82) is 0 Å². The second-order valence-corrected chi connectivity index (χ2v) is 7.56. The predicted octanol–water partition coefficient (Wildman–Crippen LogP) is 3.63. The zero-order valence-corrected chi connectivity index (χ0v) is 17.7. The average molecular weight is 450 g/mol. The van der Waals surface area contributed by atoms with Crippen LogP contribution in [0.3, 0.4) is 0 Å². The molecule has 3 amide bonds. The molecule has 1 aromatic heterocycles. The summed E-state index contributed by atoms with van der Waals surface area (Å²) in [4.78, 5) is 40.1. The molecule has 1 aliphatic heterocycles. The summed E-state index contributed by atoms with van der Waals surface area (Å²) < 4.78 is 5.28. The Hall–Kier alpha value is -3.84. The van der Waals surface area contributed by atoms with E-state index in [9.17, 15) is 14.4 Å². The molecule has 1 saturated heterocycles. The Morgan fingerprint density at radius 3 is 2.50 bits per heavy atom. The molecule has 1 unspecified atom stereocenters. The van der Waals surface area contributed by atoms with Crippen LogP contribution >= 0.6 is 11.6 Å². The lowest BCUT2D eigenvalue weighted by atomic mass is 10.2. The van der Waals surface area contributed by atoms with E-state index in [1.807, 2.05) is 0 Å². The lowest BCUT2D eigenvalue weighted by Gasteiger charge is -2.19. The van der Waals surface area contributed by atoms with Crippen molar-refractivity contribution < 1.29 is 18.8 Å². The van der Waals surface area contributed by atoms with Gasteiger partial charge in [0.15, 0.2) is 0 Å². The number of benzene rings is 2. The van der Waals surface area contributed by atoms with Gasteiger partial charge in [-0.15, -0.1) is 0 Å². The third-order valence-electron chi connectivity index (χ3n) is 5.01. The number of nitrogens with one attached hydrogen (secondary N) is 2. The van der Waals surface area contributed by atoms with Crippen LogP contribution in [0.5, 0.6) is 0 Å². The molecule has 4 rings (SSSR count). The van der Waals surface area contributed by atoms with Gasteiger partial charge >= 0.3 is 0 Å². The summed E-state index contributed by atoms with van der Waals surface area (Å²) in [5, 5.41) is 5.80. The second kappa shape index (κ2) is 9.53. The molecule has 0 saturated carbocycles. The predicted molar refractivity (Wildman–Crippen MR) is 121 cm³/mol. The number of amides is 3. The molecule has 2 N–H and O–H groups in total. The molecule has 0 radical (unpaired) electrons. The third kappa shape index (κ3) is 4.73. The molecule has 3 aromatic rings. The first-order valence-corrected chi connectivity index (χ1v) is 10.4. The van der Waals surface area contributed by atoms with E-state index >= 15 is 0 Å². The van der Waals surface area contributed by atoms with Crippen LogP contribution in [-0.2, 0) is 9.59 Å². The highest BCUT2D eigenvalue weighted by atomic mass is 35.5. The summed E-state index contributed by atoms with van der Waals surface area (Å²) in [6.07, 6.45) is 3.29. The monoisotopic (exact) mass is 449 g/mol. The Bertz CT molecular complexity index is 1160. The van der Waals surface area contributed by atoms with Gasteiger partial charge in [0.2, 0.25) is 5.91 Å². The summed E-state index contributed by atoms with van der Waals surface area (Å²) in [6.45, 7) is 0.418. The maximum atomic E-state index is 13.0. The lowest BCUT2D eigenvalue weighted by molar-refractivity contribution is -0.124. The molecule has 162 valence electrons. The van der Waals surface area contributed by atoms with Gasteiger partial charge in [-0.1, -0.05) is 41.9 Å². The fourth-order valence-corrected chi connectivity index (χ4v) is 3.66. The van der Waals surface area contributed by atoms with Crippen molar-refractivity contribution in [2.45, 2.75) is 12.5 Å². The second-order valence-electron chi connectivity index (χ2n) is 7.15. The van der Waals surface area contributed by atoms with E-state index in [0.29, 0.717) is 35.0 Å². The number of anilines is 1. The van der Waals surface area contributed by atoms with Crippen LogP contribution in [0.2, 0.25) is 5.02 Å². The van der Waals surface area contributed by atoms with Crippen LogP contribution in [0.25, 0.3) is 6.08 Å². The number of nitrogens with zero attached hydrogens (tertiary/aromatic N) is 1. The summed E-state index contributed by atoms with van der Waals surface area (Å²) in [5.74, 6) is -0.920. The van der Waals surface area contributed by atoms with Crippen molar-refractivity contribution in [2.24, 2.45) is 0 Å². The van der Waals surface area contributed by atoms with E-state index in [0.717, 1.165) is 0 Å². The lowest BCUT2D eigenvalue weighted by Crippen LogP contribution is -2.44. The Morgan fingerprint density at radius 2 is 1.78 bits per heavy atom. The van der Waals surface area contributed by atoms with E-state index in [1.54, 1.807) is 71.6 Å². The largest absolute Gasteiger partial charge is 0.465 e. The number of hydrogen-bond donors (Lipinski definition) is 2. The fourth-order valence-electron chi connectivity index (χ4n) is 3.42. The van der Waals surface area contributed by atoms with Crippen molar-refractivity contribution in [3.8, 4) is 0 Å². The zero-order chi connectivity index (χ0) is 22.5. The molecular formula is C24H20ClN3O4. The fraction of sp³-hybridized carbons (Fsp3) is 0.125. The van der Waals surface area contributed by atoms with Gasteiger partial charge < -0.3 is 20.0 Å². The van der Waals surface area contributed by atoms with Crippen LogP contribution < -0.4 is 15.5 Å². The van der Waals surface area contributed by atoms with Crippen LogP contribution in [-0.4, -0.2) is 30.3 Å². The van der Waals surface area contributed by atoms with Crippen molar-refractivity contribution in [3.63, 3.8) is 0 Å². The molecule has 2 heterocycles. The van der Waals surface area contributed by atoms with Crippen LogP contribution in [0.15, 0.2) is 83.1 Å². The average Bonchev–Trinajstić information content (AvgIpc) is 3.44. The summed E-state index contributed by atoms with van der Waals surface area (Å²) in [6, 6.07) is 18.1. The minimum atomic E-state index is -0.743. The minimum Gasteiger partial charge on any atom is -0.465 e. The maximum absolute atomic E-state index is 13.0. The summed E-state index contributed by atoms with van der Waals surface area (Å²) in [5.41, 5.74) is 0.963. The topological polar surface area (TPSA) is 91.7 Å². The number of furan rings is 1. The quantitative estimate of drug-likeness (QED) is 0.562. The van der Waals surface area contributed by atoms with Crippen molar-refractivity contribution in [1.82, 2.24) is 10.6 Å². The molecule has 0 spiro atoms. The van der Waals surface area contributed by atoms with Gasteiger partial charge in [0.25, 0.3) is 11.8 Å². The summed E-state index contributed by atoms with van der Waals surface area (Å²) in [7, 11) is 0. The number of halogens is 1. The maximum Gasteiger partial charge on any atom is 0.268 e. The van der Waals surface area contributed by atoms with Gasteiger partial charge in [0.1, 0.15) is 17.5 Å². The van der Waals surface area contributed by atoms with Gasteiger partial charge in [-0.3, -0.25) is 14.4 Å². The molecule has 7 nitrogen and oxygen atoms in total. The van der Waals surface area contributed by atoms with Crippen molar-refractivity contribution in [2.75, 3.05) is 11.4 Å². The first kappa shape index (κ1) is 21.4. The Labute approximate surface area is 189 Å². The highest BCUT2D eigenvalue weighted by molar-refractivity contribution is 6.34. The molecule has 1 atom stereocenters. The van der Waals surface area contributed by atoms with Crippen molar-refractivity contribution >= 4 is 41.1 Å². The van der Waals surface area contributed by atoms with E-state index in [2.05, 4.69) is 10.6 Å².